The summed E-state index contributed by atoms with van der Waals surface area (Å²) in [5.74, 6) is -0.402. The molecular formula is C17H15BrFNO2. The number of fused-ring (bicyclic) bond motifs is 1. The molecule has 1 aliphatic heterocycles. The number of benzene rings is 2. The first-order chi connectivity index (χ1) is 10.6. The zero-order valence-electron chi connectivity index (χ0n) is 11.9. The Hall–Kier alpha value is -1.88. The molecule has 5 heteroatoms. The summed E-state index contributed by atoms with van der Waals surface area (Å²) in [6, 6.07) is 12.7. The van der Waals surface area contributed by atoms with Gasteiger partial charge in [-0.1, -0.05) is 46.3 Å². The van der Waals surface area contributed by atoms with Crippen LogP contribution in [0.3, 0.4) is 0 Å². The number of anilines is 1. The predicted molar refractivity (Wildman–Crippen MR) is 86.4 cm³/mol. The van der Waals surface area contributed by atoms with Gasteiger partial charge in [0, 0.05) is 11.0 Å². The van der Waals surface area contributed by atoms with Gasteiger partial charge in [0.2, 0.25) is 0 Å². The first kappa shape index (κ1) is 15.0. The standard InChI is InChI=1S/C17H15BrFNO2/c18-14-9-13-7-4-8-20(16(13)15(19)10-14)17(21)22-11-12-5-2-1-3-6-12/h1-3,5-6,9-10H,4,7-8,11H2. The van der Waals surface area contributed by atoms with Crippen LogP contribution in [-0.4, -0.2) is 12.6 Å². The van der Waals surface area contributed by atoms with Crippen LogP contribution in [0.1, 0.15) is 17.5 Å². The van der Waals surface area contributed by atoms with Crippen LogP contribution in [-0.2, 0) is 17.8 Å². The molecule has 0 unspecified atom stereocenters. The molecule has 0 fully saturated rings. The van der Waals surface area contributed by atoms with Crippen molar-refractivity contribution in [2.75, 3.05) is 11.4 Å². The summed E-state index contributed by atoms with van der Waals surface area (Å²) in [6.07, 6.45) is 1.04. The lowest BCUT2D eigenvalue weighted by Crippen LogP contribution is -2.36. The van der Waals surface area contributed by atoms with Gasteiger partial charge in [0.25, 0.3) is 0 Å². The summed E-state index contributed by atoms with van der Waals surface area (Å²) in [5.41, 5.74) is 2.08. The Morgan fingerprint density at radius 2 is 2.05 bits per heavy atom. The van der Waals surface area contributed by atoms with Crippen LogP contribution < -0.4 is 4.90 Å². The van der Waals surface area contributed by atoms with Crippen molar-refractivity contribution in [2.24, 2.45) is 0 Å². The number of carbonyl (C=O) groups excluding carboxylic acids is 1. The molecule has 2 aromatic rings. The topological polar surface area (TPSA) is 29.5 Å². The minimum atomic E-state index is -0.508. The van der Waals surface area contributed by atoms with Crippen LogP contribution in [0.2, 0.25) is 0 Å². The number of aryl methyl sites for hydroxylation is 1. The van der Waals surface area contributed by atoms with Crippen molar-refractivity contribution >= 4 is 27.7 Å². The summed E-state index contributed by atoms with van der Waals surface area (Å²) in [7, 11) is 0. The third kappa shape index (κ3) is 3.14. The summed E-state index contributed by atoms with van der Waals surface area (Å²) < 4.78 is 20.2. The Labute approximate surface area is 136 Å². The highest BCUT2D eigenvalue weighted by Gasteiger charge is 2.27. The van der Waals surface area contributed by atoms with Crippen molar-refractivity contribution in [1.82, 2.24) is 0 Å². The zero-order chi connectivity index (χ0) is 15.5. The number of amides is 1. The molecule has 0 atom stereocenters. The van der Waals surface area contributed by atoms with Crippen LogP contribution >= 0.6 is 15.9 Å². The summed E-state index contributed by atoms with van der Waals surface area (Å²) >= 11 is 3.28. The molecule has 1 amide bonds. The molecule has 22 heavy (non-hydrogen) atoms. The first-order valence-corrected chi connectivity index (χ1v) is 7.90. The Kier molecular flexibility index (Phi) is 4.43. The lowest BCUT2D eigenvalue weighted by atomic mass is 10.0. The molecule has 0 aromatic heterocycles. The Bertz CT molecular complexity index is 691. The fraction of sp³-hybridized carbons (Fsp3) is 0.235. The molecule has 0 saturated heterocycles. The van der Waals surface area contributed by atoms with Crippen LogP contribution in [0.15, 0.2) is 46.9 Å². The van der Waals surface area contributed by atoms with Gasteiger partial charge in [0.15, 0.2) is 0 Å². The molecule has 0 bridgehead atoms. The Balaban J connectivity index is 1.77. The van der Waals surface area contributed by atoms with Gasteiger partial charge in [-0.15, -0.1) is 0 Å². The number of nitrogens with zero attached hydrogens (tertiary/aromatic N) is 1. The molecule has 2 aromatic carbocycles. The molecule has 0 N–H and O–H groups in total. The van der Waals surface area contributed by atoms with Gasteiger partial charge in [-0.2, -0.15) is 0 Å². The van der Waals surface area contributed by atoms with Crippen molar-refractivity contribution in [3.8, 4) is 0 Å². The molecular weight excluding hydrogens is 349 g/mol. The van der Waals surface area contributed by atoms with Gasteiger partial charge < -0.3 is 4.74 Å². The van der Waals surface area contributed by atoms with E-state index in [0.717, 1.165) is 24.0 Å². The minimum Gasteiger partial charge on any atom is -0.444 e. The molecule has 0 spiro atoms. The van der Waals surface area contributed by atoms with Gasteiger partial charge in [0.1, 0.15) is 12.4 Å². The lowest BCUT2D eigenvalue weighted by Gasteiger charge is -2.29. The minimum absolute atomic E-state index is 0.184. The van der Waals surface area contributed by atoms with Gasteiger partial charge in [-0.3, -0.25) is 4.90 Å². The molecule has 1 aliphatic rings. The van der Waals surface area contributed by atoms with E-state index in [0.29, 0.717) is 16.7 Å². The van der Waals surface area contributed by atoms with Crippen LogP contribution in [0.5, 0.6) is 0 Å². The van der Waals surface area contributed by atoms with Crippen molar-refractivity contribution in [1.29, 1.82) is 0 Å². The predicted octanol–water partition coefficient (Wildman–Crippen LogP) is 4.68. The van der Waals surface area contributed by atoms with E-state index in [1.165, 1.54) is 11.0 Å². The molecule has 3 rings (SSSR count). The maximum atomic E-state index is 14.2. The number of ether oxygens (including phenoxy) is 1. The lowest BCUT2D eigenvalue weighted by molar-refractivity contribution is 0.146. The smallest absolute Gasteiger partial charge is 0.414 e. The average molecular weight is 364 g/mol. The number of hydrogen-bond donors (Lipinski definition) is 0. The number of hydrogen-bond acceptors (Lipinski definition) is 2. The maximum Gasteiger partial charge on any atom is 0.414 e. The second kappa shape index (κ2) is 6.48. The van der Waals surface area contributed by atoms with Crippen molar-refractivity contribution in [2.45, 2.75) is 19.4 Å². The monoisotopic (exact) mass is 363 g/mol. The van der Waals surface area contributed by atoms with Gasteiger partial charge >= 0.3 is 6.09 Å². The highest BCUT2D eigenvalue weighted by Crippen LogP contribution is 2.33. The molecule has 0 radical (unpaired) electrons. The Morgan fingerprint density at radius 3 is 2.82 bits per heavy atom. The highest BCUT2D eigenvalue weighted by molar-refractivity contribution is 9.10. The average Bonchev–Trinajstić information content (AvgIpc) is 2.52. The number of carbonyl (C=O) groups is 1. The third-order valence-electron chi connectivity index (χ3n) is 3.63. The second-order valence-corrected chi connectivity index (χ2v) is 6.11. The number of halogens is 2. The molecule has 0 saturated carbocycles. The quantitative estimate of drug-likeness (QED) is 0.775. The fourth-order valence-electron chi connectivity index (χ4n) is 2.63. The maximum absolute atomic E-state index is 14.2. The van der Waals surface area contributed by atoms with Crippen molar-refractivity contribution < 1.29 is 13.9 Å². The van der Waals surface area contributed by atoms with Crippen LogP contribution in [0.4, 0.5) is 14.9 Å². The van der Waals surface area contributed by atoms with E-state index in [-0.39, 0.29) is 6.61 Å². The normalized spacial score (nSPS) is 13.6. The Morgan fingerprint density at radius 1 is 1.27 bits per heavy atom. The van der Waals surface area contributed by atoms with Gasteiger partial charge in [-0.05, 0) is 36.1 Å². The second-order valence-electron chi connectivity index (χ2n) is 5.19. The summed E-state index contributed by atoms with van der Waals surface area (Å²) in [4.78, 5) is 13.7. The van der Waals surface area contributed by atoms with Crippen LogP contribution in [0, 0.1) is 5.82 Å². The number of rotatable bonds is 2. The third-order valence-corrected chi connectivity index (χ3v) is 4.09. The first-order valence-electron chi connectivity index (χ1n) is 7.11. The highest BCUT2D eigenvalue weighted by atomic mass is 79.9. The zero-order valence-corrected chi connectivity index (χ0v) is 13.5. The van der Waals surface area contributed by atoms with E-state index in [9.17, 15) is 9.18 Å². The van der Waals surface area contributed by atoms with Crippen molar-refractivity contribution in [3.63, 3.8) is 0 Å². The van der Waals surface area contributed by atoms with Gasteiger partial charge in [-0.25, -0.2) is 9.18 Å². The largest absolute Gasteiger partial charge is 0.444 e. The van der Waals surface area contributed by atoms with E-state index < -0.39 is 11.9 Å². The fourth-order valence-corrected chi connectivity index (χ4v) is 3.11. The van der Waals surface area contributed by atoms with Gasteiger partial charge in [0.05, 0.1) is 5.69 Å². The van der Waals surface area contributed by atoms with Crippen LogP contribution in [0.25, 0.3) is 0 Å². The van der Waals surface area contributed by atoms with Crippen molar-refractivity contribution in [3.05, 3.63) is 63.9 Å². The summed E-state index contributed by atoms with van der Waals surface area (Å²) in [5, 5.41) is 0. The summed E-state index contributed by atoms with van der Waals surface area (Å²) in [6.45, 7) is 0.656. The van der Waals surface area contributed by atoms with E-state index >= 15 is 0 Å². The molecule has 114 valence electrons. The SMILES string of the molecule is O=C(OCc1ccccc1)N1CCCc2cc(Br)cc(F)c21. The molecule has 1 heterocycles. The van der Waals surface area contributed by atoms with E-state index in [1.54, 1.807) is 0 Å². The van der Waals surface area contributed by atoms with E-state index in [4.69, 9.17) is 4.74 Å². The van der Waals surface area contributed by atoms with E-state index in [1.807, 2.05) is 36.4 Å². The molecule has 3 nitrogen and oxygen atoms in total. The van der Waals surface area contributed by atoms with E-state index in [2.05, 4.69) is 15.9 Å². The molecule has 0 aliphatic carbocycles.